The van der Waals surface area contributed by atoms with Crippen LogP contribution in [-0.2, 0) is 4.74 Å². The predicted octanol–water partition coefficient (Wildman–Crippen LogP) is 4.48. The second-order valence-electron chi connectivity index (χ2n) is 6.37. The van der Waals surface area contributed by atoms with Crippen molar-refractivity contribution in [1.29, 1.82) is 0 Å². The molecule has 1 aromatic carbocycles. The maximum atomic E-state index is 10.9. The molecule has 21 heavy (non-hydrogen) atoms. The Balaban J connectivity index is 1.77. The number of halogens is 1. The molecule has 3 rings (SSSR count). The van der Waals surface area contributed by atoms with E-state index in [1.165, 1.54) is 17.1 Å². The standard InChI is InChI=1S/C17H23BrO2S/c1-12-2-3-15(18)14(10-12)16(19)13-4-7-20-17(11-13)5-8-21-9-6-17/h2-3,10,13,16,19H,4-9,11H2,1H3. The van der Waals surface area contributed by atoms with Gasteiger partial charge < -0.3 is 9.84 Å². The summed E-state index contributed by atoms with van der Waals surface area (Å²) in [6.07, 6.45) is 3.83. The van der Waals surface area contributed by atoms with Gasteiger partial charge in [0.25, 0.3) is 0 Å². The molecule has 2 aliphatic rings. The lowest BCUT2D eigenvalue weighted by Crippen LogP contribution is -2.44. The van der Waals surface area contributed by atoms with Crippen molar-refractivity contribution in [2.24, 2.45) is 5.92 Å². The molecule has 0 bridgehead atoms. The Labute approximate surface area is 139 Å². The van der Waals surface area contributed by atoms with Gasteiger partial charge in [0.15, 0.2) is 0 Å². The van der Waals surface area contributed by atoms with Crippen LogP contribution < -0.4 is 0 Å². The van der Waals surface area contributed by atoms with Crippen molar-refractivity contribution in [1.82, 2.24) is 0 Å². The highest BCUT2D eigenvalue weighted by atomic mass is 79.9. The number of aryl methyl sites for hydroxylation is 1. The van der Waals surface area contributed by atoms with Crippen LogP contribution in [0.15, 0.2) is 22.7 Å². The fourth-order valence-corrected chi connectivity index (χ4v) is 5.29. The van der Waals surface area contributed by atoms with Crippen LogP contribution in [0.1, 0.15) is 42.9 Å². The van der Waals surface area contributed by atoms with Crippen molar-refractivity contribution < 1.29 is 9.84 Å². The monoisotopic (exact) mass is 370 g/mol. The van der Waals surface area contributed by atoms with Crippen molar-refractivity contribution in [2.75, 3.05) is 18.1 Å². The molecular weight excluding hydrogens is 348 g/mol. The summed E-state index contributed by atoms with van der Waals surface area (Å²) >= 11 is 5.61. The molecule has 0 saturated carbocycles. The van der Waals surface area contributed by atoms with Crippen LogP contribution >= 0.6 is 27.7 Å². The predicted molar refractivity (Wildman–Crippen MR) is 91.8 cm³/mol. The number of rotatable bonds is 2. The van der Waals surface area contributed by atoms with Crippen LogP contribution in [0, 0.1) is 12.8 Å². The fraction of sp³-hybridized carbons (Fsp3) is 0.647. The van der Waals surface area contributed by atoms with E-state index in [0.29, 0.717) is 5.92 Å². The maximum absolute atomic E-state index is 10.9. The number of thioether (sulfide) groups is 1. The van der Waals surface area contributed by atoms with Crippen LogP contribution in [0.5, 0.6) is 0 Å². The van der Waals surface area contributed by atoms with Gasteiger partial charge in [0.05, 0.1) is 11.7 Å². The molecule has 2 aliphatic heterocycles. The van der Waals surface area contributed by atoms with Gasteiger partial charge in [0.2, 0.25) is 0 Å². The minimum absolute atomic E-state index is 0.0332. The minimum Gasteiger partial charge on any atom is -0.388 e. The van der Waals surface area contributed by atoms with Gasteiger partial charge in [-0.2, -0.15) is 11.8 Å². The Hall–Kier alpha value is -0.0300. The molecule has 1 spiro atoms. The first-order chi connectivity index (χ1) is 10.1. The highest BCUT2D eigenvalue weighted by molar-refractivity contribution is 9.10. The van der Waals surface area contributed by atoms with E-state index in [-0.39, 0.29) is 5.60 Å². The number of aliphatic hydroxyl groups is 1. The zero-order valence-corrected chi connectivity index (χ0v) is 14.9. The van der Waals surface area contributed by atoms with Crippen LogP contribution in [0.2, 0.25) is 0 Å². The van der Waals surface area contributed by atoms with Gasteiger partial charge in [0.1, 0.15) is 0 Å². The lowest BCUT2D eigenvalue weighted by Gasteiger charge is -2.44. The normalized spacial score (nSPS) is 26.7. The van der Waals surface area contributed by atoms with Crippen LogP contribution in [-0.4, -0.2) is 28.8 Å². The van der Waals surface area contributed by atoms with Gasteiger partial charge in [-0.3, -0.25) is 0 Å². The van der Waals surface area contributed by atoms with E-state index in [4.69, 9.17) is 4.74 Å². The lowest BCUT2D eigenvalue weighted by molar-refractivity contribution is -0.121. The molecule has 2 fully saturated rings. The van der Waals surface area contributed by atoms with E-state index in [2.05, 4.69) is 35.0 Å². The van der Waals surface area contributed by atoms with Crippen LogP contribution in [0.4, 0.5) is 0 Å². The summed E-state index contributed by atoms with van der Waals surface area (Å²) in [5, 5.41) is 10.9. The summed E-state index contributed by atoms with van der Waals surface area (Å²) in [6, 6.07) is 6.22. The highest BCUT2D eigenvalue weighted by Gasteiger charge is 2.41. The van der Waals surface area contributed by atoms with Gasteiger partial charge in [-0.1, -0.05) is 33.6 Å². The average Bonchev–Trinajstić information content (AvgIpc) is 2.50. The molecule has 2 atom stereocenters. The Morgan fingerprint density at radius 2 is 2.14 bits per heavy atom. The molecule has 116 valence electrons. The molecule has 0 amide bonds. The Kier molecular flexibility index (Phi) is 4.99. The molecule has 2 unspecified atom stereocenters. The van der Waals surface area contributed by atoms with Crippen molar-refractivity contribution >= 4 is 27.7 Å². The summed E-state index contributed by atoms with van der Waals surface area (Å²) in [5.41, 5.74) is 2.26. The number of hydrogen-bond acceptors (Lipinski definition) is 3. The third kappa shape index (κ3) is 3.49. The van der Waals surface area contributed by atoms with Crippen molar-refractivity contribution in [3.63, 3.8) is 0 Å². The number of benzene rings is 1. The highest BCUT2D eigenvalue weighted by Crippen LogP contribution is 2.44. The largest absolute Gasteiger partial charge is 0.388 e. The first-order valence-electron chi connectivity index (χ1n) is 7.75. The molecule has 2 saturated heterocycles. The van der Waals surface area contributed by atoms with Crippen LogP contribution in [0.3, 0.4) is 0 Å². The Morgan fingerprint density at radius 3 is 2.90 bits per heavy atom. The summed E-state index contributed by atoms with van der Waals surface area (Å²) in [5.74, 6) is 2.69. The molecule has 0 aliphatic carbocycles. The summed E-state index contributed by atoms with van der Waals surface area (Å²) in [7, 11) is 0. The molecule has 1 aromatic rings. The van der Waals surface area contributed by atoms with Gasteiger partial charge >= 0.3 is 0 Å². The fourth-order valence-electron chi connectivity index (χ4n) is 3.57. The number of ether oxygens (including phenoxy) is 1. The Bertz CT molecular complexity index is 494. The molecule has 1 N–H and O–H groups in total. The summed E-state index contributed by atoms with van der Waals surface area (Å²) in [6.45, 7) is 2.86. The van der Waals surface area contributed by atoms with E-state index >= 15 is 0 Å². The van der Waals surface area contributed by atoms with Crippen molar-refractivity contribution in [2.45, 2.75) is 44.3 Å². The van der Waals surface area contributed by atoms with Crippen LogP contribution in [0.25, 0.3) is 0 Å². The second-order valence-corrected chi connectivity index (χ2v) is 8.45. The number of hydrogen-bond donors (Lipinski definition) is 1. The van der Waals surface area contributed by atoms with E-state index in [1.54, 1.807) is 0 Å². The molecular formula is C17H23BrO2S. The first-order valence-corrected chi connectivity index (χ1v) is 9.70. The second kappa shape index (κ2) is 6.61. The molecule has 2 heterocycles. The quantitative estimate of drug-likeness (QED) is 0.831. The Morgan fingerprint density at radius 1 is 1.38 bits per heavy atom. The van der Waals surface area contributed by atoms with Crippen molar-refractivity contribution in [3.8, 4) is 0 Å². The van der Waals surface area contributed by atoms with Gasteiger partial charge in [-0.05, 0) is 61.7 Å². The van der Waals surface area contributed by atoms with Crippen molar-refractivity contribution in [3.05, 3.63) is 33.8 Å². The third-order valence-electron chi connectivity index (χ3n) is 4.85. The topological polar surface area (TPSA) is 29.5 Å². The molecule has 0 aromatic heterocycles. The third-order valence-corrected chi connectivity index (χ3v) is 6.56. The zero-order chi connectivity index (χ0) is 14.9. The first kappa shape index (κ1) is 15.9. The van der Waals surface area contributed by atoms with E-state index in [9.17, 15) is 5.11 Å². The average molecular weight is 371 g/mol. The van der Waals surface area contributed by atoms with E-state index in [0.717, 1.165) is 42.3 Å². The molecule has 0 radical (unpaired) electrons. The zero-order valence-electron chi connectivity index (χ0n) is 12.5. The van der Waals surface area contributed by atoms with Gasteiger partial charge in [0, 0.05) is 11.1 Å². The lowest BCUT2D eigenvalue weighted by atomic mass is 9.78. The number of aliphatic hydroxyl groups excluding tert-OH is 1. The summed E-state index contributed by atoms with van der Waals surface area (Å²) in [4.78, 5) is 0. The molecule has 4 heteroatoms. The maximum Gasteiger partial charge on any atom is 0.0831 e. The smallest absolute Gasteiger partial charge is 0.0831 e. The van der Waals surface area contributed by atoms with Gasteiger partial charge in [-0.15, -0.1) is 0 Å². The summed E-state index contributed by atoms with van der Waals surface area (Å²) < 4.78 is 7.15. The van der Waals surface area contributed by atoms with E-state index in [1.807, 2.05) is 17.8 Å². The minimum atomic E-state index is -0.394. The SMILES string of the molecule is Cc1ccc(Br)c(C(O)C2CCOC3(CCSCC3)C2)c1. The molecule has 2 nitrogen and oxygen atoms in total. The van der Waals surface area contributed by atoms with Gasteiger partial charge in [-0.25, -0.2) is 0 Å². The van der Waals surface area contributed by atoms with E-state index < -0.39 is 6.10 Å².